The normalized spacial score (nSPS) is 17.0. The van der Waals surface area contributed by atoms with Gasteiger partial charge in [-0.3, -0.25) is 4.90 Å². The third-order valence-corrected chi connectivity index (χ3v) is 4.01. The molecule has 114 valence electrons. The molecule has 0 radical (unpaired) electrons. The molecule has 1 unspecified atom stereocenters. The van der Waals surface area contributed by atoms with E-state index in [1.807, 2.05) is 54.6 Å². The summed E-state index contributed by atoms with van der Waals surface area (Å²) in [5.41, 5.74) is 3.10. The van der Waals surface area contributed by atoms with Crippen LogP contribution in [-0.4, -0.2) is 19.7 Å². The zero-order valence-electron chi connectivity index (χ0n) is 12.7. The topological polar surface area (TPSA) is 41.6 Å². The highest BCUT2D eigenvalue weighted by Gasteiger charge is 2.28. The van der Waals surface area contributed by atoms with E-state index in [1.54, 1.807) is 12.0 Å². The molecule has 0 aromatic heterocycles. The van der Waals surface area contributed by atoms with Gasteiger partial charge in [0.25, 0.3) is 0 Å². The number of ether oxygens (including phenoxy) is 1. The van der Waals surface area contributed by atoms with E-state index in [2.05, 4.69) is 5.32 Å². The van der Waals surface area contributed by atoms with Crippen molar-refractivity contribution in [2.45, 2.75) is 19.1 Å². The third-order valence-electron chi connectivity index (χ3n) is 4.01. The van der Waals surface area contributed by atoms with Crippen molar-refractivity contribution in [2.24, 2.45) is 0 Å². The van der Waals surface area contributed by atoms with E-state index in [9.17, 15) is 4.79 Å². The van der Waals surface area contributed by atoms with Gasteiger partial charge in [0.1, 0.15) is 0 Å². The van der Waals surface area contributed by atoms with Gasteiger partial charge in [-0.1, -0.05) is 48.5 Å². The Balaban J connectivity index is 1.73. The summed E-state index contributed by atoms with van der Waals surface area (Å²) < 4.78 is 5.52. The molecule has 0 bridgehead atoms. The summed E-state index contributed by atoms with van der Waals surface area (Å²) in [6, 6.07) is 17.8. The minimum Gasteiger partial charge on any atom is -0.377 e. The molecule has 1 aliphatic heterocycles. The van der Waals surface area contributed by atoms with Crippen LogP contribution in [0.15, 0.2) is 54.6 Å². The van der Waals surface area contributed by atoms with E-state index in [4.69, 9.17) is 4.74 Å². The van der Waals surface area contributed by atoms with Gasteiger partial charge < -0.3 is 10.1 Å². The Morgan fingerprint density at radius 2 is 1.91 bits per heavy atom. The fourth-order valence-electron chi connectivity index (χ4n) is 2.85. The van der Waals surface area contributed by atoms with E-state index in [-0.39, 0.29) is 12.1 Å². The molecule has 1 N–H and O–H groups in total. The Hall–Kier alpha value is -2.33. The van der Waals surface area contributed by atoms with E-state index in [1.165, 1.54) is 0 Å². The predicted octanol–water partition coefficient (Wildman–Crippen LogP) is 3.49. The van der Waals surface area contributed by atoms with Crippen molar-refractivity contribution < 1.29 is 9.53 Å². The zero-order valence-corrected chi connectivity index (χ0v) is 12.7. The van der Waals surface area contributed by atoms with Crippen molar-refractivity contribution in [3.8, 4) is 0 Å². The number of carbonyl (C=O) groups is 1. The maximum Gasteiger partial charge on any atom is 0.322 e. The minimum atomic E-state index is -0.0640. The van der Waals surface area contributed by atoms with Crippen LogP contribution in [0.3, 0.4) is 0 Å². The lowest BCUT2D eigenvalue weighted by Crippen LogP contribution is -2.43. The molecular formula is C18H20N2O2. The molecule has 4 heteroatoms. The molecular weight excluding hydrogens is 276 g/mol. The van der Waals surface area contributed by atoms with Crippen molar-refractivity contribution in [2.75, 3.05) is 18.6 Å². The first-order valence-corrected chi connectivity index (χ1v) is 7.50. The number of carbonyl (C=O) groups excluding carboxylic acids is 1. The molecule has 1 aliphatic rings. The highest BCUT2D eigenvalue weighted by molar-refractivity contribution is 5.93. The van der Waals surface area contributed by atoms with Crippen LogP contribution in [0, 0.1) is 0 Å². The molecule has 4 nitrogen and oxygen atoms in total. The first kappa shape index (κ1) is 14.6. The third kappa shape index (κ3) is 2.97. The van der Waals surface area contributed by atoms with Crippen LogP contribution in [0.2, 0.25) is 0 Å². The molecule has 1 heterocycles. The molecule has 0 saturated heterocycles. The van der Waals surface area contributed by atoms with Gasteiger partial charge in [0.2, 0.25) is 0 Å². The van der Waals surface area contributed by atoms with Gasteiger partial charge in [-0.15, -0.1) is 0 Å². The summed E-state index contributed by atoms with van der Waals surface area (Å²) in [7, 11) is 1.71. The predicted molar refractivity (Wildman–Crippen MR) is 86.8 cm³/mol. The van der Waals surface area contributed by atoms with Gasteiger partial charge in [0, 0.05) is 25.8 Å². The lowest BCUT2D eigenvalue weighted by Gasteiger charge is -2.33. The van der Waals surface area contributed by atoms with Gasteiger partial charge in [-0.25, -0.2) is 4.79 Å². The van der Waals surface area contributed by atoms with E-state index in [0.29, 0.717) is 13.1 Å². The second kappa shape index (κ2) is 6.62. The van der Waals surface area contributed by atoms with Gasteiger partial charge >= 0.3 is 6.03 Å². The van der Waals surface area contributed by atoms with Crippen molar-refractivity contribution in [1.29, 1.82) is 0 Å². The van der Waals surface area contributed by atoms with E-state index >= 15 is 0 Å². The van der Waals surface area contributed by atoms with Crippen LogP contribution in [0.4, 0.5) is 10.5 Å². The van der Waals surface area contributed by atoms with Crippen molar-refractivity contribution in [1.82, 2.24) is 5.32 Å². The van der Waals surface area contributed by atoms with E-state index in [0.717, 1.165) is 23.2 Å². The molecule has 2 aromatic carbocycles. The number of methoxy groups -OCH3 is 1. The number of nitrogens with one attached hydrogen (secondary N) is 1. The van der Waals surface area contributed by atoms with Crippen LogP contribution >= 0.6 is 0 Å². The number of hydrogen-bond donors (Lipinski definition) is 1. The second-order valence-electron chi connectivity index (χ2n) is 5.37. The van der Waals surface area contributed by atoms with Crippen LogP contribution in [0.5, 0.6) is 0 Å². The first-order valence-electron chi connectivity index (χ1n) is 7.50. The molecule has 0 fully saturated rings. The number of hydrogen-bond acceptors (Lipinski definition) is 2. The fraction of sp³-hybridized carbons (Fsp3) is 0.278. The van der Waals surface area contributed by atoms with Gasteiger partial charge in [-0.2, -0.15) is 0 Å². The Labute approximate surface area is 130 Å². The number of rotatable bonds is 3. The molecule has 0 saturated carbocycles. The number of nitrogens with zero attached hydrogens (tertiary/aromatic N) is 1. The summed E-state index contributed by atoms with van der Waals surface area (Å²) >= 11 is 0. The van der Waals surface area contributed by atoms with Gasteiger partial charge in [0.05, 0.1) is 11.8 Å². The molecule has 1 atom stereocenters. The average Bonchev–Trinajstić information content (AvgIpc) is 2.59. The quantitative estimate of drug-likeness (QED) is 0.942. The van der Waals surface area contributed by atoms with Gasteiger partial charge in [0.15, 0.2) is 0 Å². The Morgan fingerprint density at radius 1 is 1.18 bits per heavy atom. The maximum atomic E-state index is 12.5. The SMILES string of the molecule is COC1CCN(C(=O)NCc2ccccc2)c2ccccc21. The van der Waals surface area contributed by atoms with Crippen molar-refractivity contribution in [3.63, 3.8) is 0 Å². The van der Waals surface area contributed by atoms with Crippen molar-refractivity contribution in [3.05, 3.63) is 65.7 Å². The molecule has 2 aromatic rings. The van der Waals surface area contributed by atoms with Crippen molar-refractivity contribution >= 4 is 11.7 Å². The van der Waals surface area contributed by atoms with Crippen LogP contribution < -0.4 is 10.2 Å². The summed E-state index contributed by atoms with van der Waals surface area (Å²) in [4.78, 5) is 14.3. The maximum absolute atomic E-state index is 12.5. The molecule has 3 rings (SSSR count). The molecule has 22 heavy (non-hydrogen) atoms. The number of amides is 2. The summed E-state index contributed by atoms with van der Waals surface area (Å²) in [5.74, 6) is 0. The van der Waals surface area contributed by atoms with Crippen LogP contribution in [0.25, 0.3) is 0 Å². The molecule has 2 amide bonds. The zero-order chi connectivity index (χ0) is 15.4. The lowest BCUT2D eigenvalue weighted by atomic mass is 9.99. The van der Waals surface area contributed by atoms with E-state index < -0.39 is 0 Å². The first-order chi connectivity index (χ1) is 10.8. The summed E-state index contributed by atoms with van der Waals surface area (Å²) in [6.07, 6.45) is 0.876. The number of benzene rings is 2. The summed E-state index contributed by atoms with van der Waals surface area (Å²) in [6.45, 7) is 1.20. The highest BCUT2D eigenvalue weighted by Crippen LogP contribution is 2.35. The fourth-order valence-corrected chi connectivity index (χ4v) is 2.85. The smallest absolute Gasteiger partial charge is 0.322 e. The molecule has 0 aliphatic carbocycles. The number of anilines is 1. The summed E-state index contributed by atoms with van der Waals surface area (Å²) in [5, 5.41) is 2.99. The number of urea groups is 1. The van der Waals surface area contributed by atoms with Crippen LogP contribution in [-0.2, 0) is 11.3 Å². The Morgan fingerprint density at radius 3 is 2.68 bits per heavy atom. The number of fused-ring (bicyclic) bond motifs is 1. The van der Waals surface area contributed by atoms with Gasteiger partial charge in [-0.05, 0) is 18.1 Å². The minimum absolute atomic E-state index is 0.0640. The second-order valence-corrected chi connectivity index (χ2v) is 5.37. The molecule has 0 spiro atoms. The standard InChI is InChI=1S/C18H20N2O2/c1-22-17-11-12-20(16-10-6-5-9-15(16)17)18(21)19-13-14-7-3-2-4-8-14/h2-10,17H,11-13H2,1H3,(H,19,21). The highest BCUT2D eigenvalue weighted by atomic mass is 16.5. The Bertz CT molecular complexity index is 643. The average molecular weight is 296 g/mol. The largest absolute Gasteiger partial charge is 0.377 e. The lowest BCUT2D eigenvalue weighted by molar-refractivity contribution is 0.0942. The van der Waals surface area contributed by atoms with Crippen LogP contribution in [0.1, 0.15) is 23.7 Å². The number of para-hydroxylation sites is 1. The Kier molecular flexibility index (Phi) is 4.39. The monoisotopic (exact) mass is 296 g/mol.